The second kappa shape index (κ2) is 4.86. The van der Waals surface area contributed by atoms with E-state index in [2.05, 4.69) is 22.5 Å². The lowest BCUT2D eigenvalue weighted by molar-refractivity contribution is 0.659. The lowest BCUT2D eigenvalue weighted by atomic mass is 10.3. The fraction of sp³-hybridized carbons (Fsp3) is 0.125. The quantitative estimate of drug-likeness (QED) is 0.513. The van der Waals surface area contributed by atoms with Gasteiger partial charge in [-0.25, -0.2) is 4.39 Å². The first-order chi connectivity index (χ1) is 5.11. The topological polar surface area (TPSA) is 23.8 Å². The van der Waals surface area contributed by atoms with Crippen LogP contribution in [-0.4, -0.2) is 0 Å². The fourth-order valence-electron chi connectivity index (χ4n) is 0.345. The number of nitrogens with zero attached hydrogens (tertiary/aromatic N) is 1. The zero-order valence-electron chi connectivity index (χ0n) is 6.06. The van der Waals surface area contributed by atoms with Crippen molar-refractivity contribution >= 4 is 15.9 Å². The summed E-state index contributed by atoms with van der Waals surface area (Å²) < 4.78 is 13.3. The second-order valence-corrected chi connectivity index (χ2v) is 2.67. The van der Waals surface area contributed by atoms with E-state index in [-0.39, 0.29) is 5.57 Å². The second-order valence-electron chi connectivity index (χ2n) is 1.76. The van der Waals surface area contributed by atoms with Gasteiger partial charge < -0.3 is 0 Å². The Labute approximate surface area is 73.7 Å². The van der Waals surface area contributed by atoms with Gasteiger partial charge >= 0.3 is 0 Å². The van der Waals surface area contributed by atoms with Gasteiger partial charge in [0, 0.05) is 4.48 Å². The maximum absolute atomic E-state index is 12.7. The Kier molecular flexibility index (Phi) is 4.47. The number of rotatable bonds is 2. The Morgan fingerprint density at radius 2 is 2.27 bits per heavy atom. The molecular weight excluding hydrogens is 209 g/mol. The van der Waals surface area contributed by atoms with Gasteiger partial charge in [-0.2, -0.15) is 5.26 Å². The lowest BCUT2D eigenvalue weighted by Gasteiger charge is -1.90. The van der Waals surface area contributed by atoms with E-state index in [1.165, 1.54) is 6.08 Å². The molecule has 0 N–H and O–H groups in total. The van der Waals surface area contributed by atoms with Crippen molar-refractivity contribution in [3.63, 3.8) is 0 Å². The minimum absolute atomic E-state index is 0.163. The van der Waals surface area contributed by atoms with Crippen molar-refractivity contribution in [2.75, 3.05) is 0 Å². The third kappa shape index (κ3) is 3.74. The van der Waals surface area contributed by atoms with Crippen molar-refractivity contribution < 1.29 is 4.39 Å². The van der Waals surface area contributed by atoms with Gasteiger partial charge in [-0.15, -0.1) is 0 Å². The Hall–Kier alpha value is -0.880. The molecule has 0 spiro atoms. The van der Waals surface area contributed by atoms with Gasteiger partial charge in [0.2, 0.25) is 0 Å². The average Bonchev–Trinajstić information content (AvgIpc) is 2.02. The third-order valence-electron chi connectivity index (χ3n) is 0.964. The number of hydrogen-bond donors (Lipinski definition) is 0. The first kappa shape index (κ1) is 10.1. The monoisotopic (exact) mass is 215 g/mol. The molecule has 0 amide bonds. The molecule has 0 radical (unpaired) electrons. The highest BCUT2D eigenvalue weighted by Gasteiger charge is 1.98. The average molecular weight is 216 g/mol. The van der Waals surface area contributed by atoms with Crippen LogP contribution in [0, 0.1) is 11.3 Å². The first-order valence-electron chi connectivity index (χ1n) is 2.90. The largest absolute Gasteiger partial charge is 0.206 e. The van der Waals surface area contributed by atoms with Crippen LogP contribution in [0.2, 0.25) is 0 Å². The summed E-state index contributed by atoms with van der Waals surface area (Å²) in [5.74, 6) is -0.613. The van der Waals surface area contributed by atoms with Crippen molar-refractivity contribution in [2.24, 2.45) is 0 Å². The molecule has 0 aliphatic heterocycles. The Morgan fingerprint density at radius 3 is 2.64 bits per heavy atom. The summed E-state index contributed by atoms with van der Waals surface area (Å²) in [7, 11) is 0. The zero-order chi connectivity index (χ0) is 8.85. The Balaban J connectivity index is 4.50. The SMILES string of the molecule is C=C(C#N)C(F)=CC(Br)=CC. The third-order valence-corrected chi connectivity index (χ3v) is 1.65. The highest BCUT2D eigenvalue weighted by atomic mass is 79.9. The standard InChI is InChI=1S/C8H7BrFN/c1-3-7(9)4-8(10)6(2)5-11/h3-4H,2H2,1H3. The van der Waals surface area contributed by atoms with Crippen LogP contribution in [0.25, 0.3) is 0 Å². The minimum Gasteiger partial charge on any atom is -0.206 e. The molecule has 0 unspecified atom stereocenters. The van der Waals surface area contributed by atoms with E-state index in [1.807, 2.05) is 0 Å². The maximum Gasteiger partial charge on any atom is 0.141 e. The summed E-state index contributed by atoms with van der Waals surface area (Å²) in [5.41, 5.74) is -0.163. The molecule has 0 heterocycles. The van der Waals surface area contributed by atoms with Crippen LogP contribution in [-0.2, 0) is 0 Å². The highest BCUT2D eigenvalue weighted by molar-refractivity contribution is 9.11. The van der Waals surface area contributed by atoms with E-state index >= 15 is 0 Å². The highest BCUT2D eigenvalue weighted by Crippen LogP contribution is 2.15. The van der Waals surface area contributed by atoms with E-state index in [1.54, 1.807) is 19.1 Å². The van der Waals surface area contributed by atoms with Gasteiger partial charge in [-0.1, -0.05) is 28.6 Å². The number of halogens is 2. The van der Waals surface area contributed by atoms with E-state index < -0.39 is 5.83 Å². The van der Waals surface area contributed by atoms with Crippen molar-refractivity contribution in [1.82, 2.24) is 0 Å². The fourth-order valence-corrected chi connectivity index (χ4v) is 0.546. The number of hydrogen-bond acceptors (Lipinski definition) is 1. The summed E-state index contributed by atoms with van der Waals surface area (Å²) in [5, 5.41) is 8.23. The zero-order valence-corrected chi connectivity index (χ0v) is 7.65. The molecule has 0 aliphatic carbocycles. The molecule has 0 aromatic rings. The summed E-state index contributed by atoms with van der Waals surface area (Å²) in [4.78, 5) is 0. The molecule has 0 aromatic heterocycles. The molecule has 0 aromatic carbocycles. The normalized spacial score (nSPS) is 12.5. The van der Waals surface area contributed by atoms with Gasteiger partial charge in [0.05, 0.1) is 5.57 Å². The van der Waals surface area contributed by atoms with Gasteiger partial charge in [0.15, 0.2) is 0 Å². The van der Waals surface area contributed by atoms with Crippen molar-refractivity contribution in [3.8, 4) is 6.07 Å². The van der Waals surface area contributed by atoms with Gasteiger partial charge in [-0.05, 0) is 13.0 Å². The van der Waals surface area contributed by atoms with E-state index in [0.717, 1.165) is 0 Å². The molecule has 0 fully saturated rings. The molecule has 0 rings (SSSR count). The van der Waals surface area contributed by atoms with Crippen molar-refractivity contribution in [1.29, 1.82) is 5.26 Å². The van der Waals surface area contributed by atoms with Gasteiger partial charge in [-0.3, -0.25) is 0 Å². The molecular formula is C8H7BrFN. The molecule has 0 atom stereocenters. The molecule has 0 aliphatic rings. The number of allylic oxidation sites excluding steroid dienone is 5. The maximum atomic E-state index is 12.7. The molecule has 0 saturated carbocycles. The lowest BCUT2D eigenvalue weighted by Crippen LogP contribution is -1.76. The summed E-state index contributed by atoms with van der Waals surface area (Å²) >= 11 is 3.07. The van der Waals surface area contributed by atoms with Crippen LogP contribution in [0.3, 0.4) is 0 Å². The van der Waals surface area contributed by atoms with Gasteiger partial charge in [0.25, 0.3) is 0 Å². The Bertz CT molecular complexity index is 258. The molecule has 11 heavy (non-hydrogen) atoms. The molecule has 0 bridgehead atoms. The number of nitriles is 1. The summed E-state index contributed by atoms with van der Waals surface area (Å²) in [6, 6.07) is 1.61. The predicted octanol–water partition coefficient (Wildman–Crippen LogP) is 3.22. The smallest absolute Gasteiger partial charge is 0.141 e. The summed E-state index contributed by atoms with van der Waals surface area (Å²) in [6.45, 7) is 4.96. The van der Waals surface area contributed by atoms with E-state index in [9.17, 15) is 4.39 Å². The molecule has 58 valence electrons. The minimum atomic E-state index is -0.613. The van der Waals surface area contributed by atoms with Crippen LogP contribution in [0.4, 0.5) is 4.39 Å². The Morgan fingerprint density at radius 1 is 1.73 bits per heavy atom. The van der Waals surface area contributed by atoms with Gasteiger partial charge in [0.1, 0.15) is 11.9 Å². The van der Waals surface area contributed by atoms with Crippen LogP contribution in [0.1, 0.15) is 6.92 Å². The first-order valence-corrected chi connectivity index (χ1v) is 3.69. The molecule has 1 nitrogen and oxygen atoms in total. The van der Waals surface area contributed by atoms with Crippen molar-refractivity contribution in [2.45, 2.75) is 6.92 Å². The van der Waals surface area contributed by atoms with Crippen LogP contribution < -0.4 is 0 Å². The summed E-state index contributed by atoms with van der Waals surface area (Å²) in [6.07, 6.45) is 2.87. The van der Waals surface area contributed by atoms with E-state index in [0.29, 0.717) is 4.48 Å². The predicted molar refractivity (Wildman–Crippen MR) is 46.6 cm³/mol. The van der Waals surface area contributed by atoms with Crippen LogP contribution >= 0.6 is 15.9 Å². The van der Waals surface area contributed by atoms with Crippen LogP contribution in [0.5, 0.6) is 0 Å². The van der Waals surface area contributed by atoms with E-state index in [4.69, 9.17) is 5.26 Å². The van der Waals surface area contributed by atoms with Crippen LogP contribution in [0.15, 0.2) is 34.6 Å². The van der Waals surface area contributed by atoms with Crippen molar-refractivity contribution in [3.05, 3.63) is 34.6 Å². The molecule has 0 saturated heterocycles. The molecule has 3 heteroatoms.